The van der Waals surface area contributed by atoms with Crippen molar-refractivity contribution in [1.29, 1.82) is 0 Å². The van der Waals surface area contributed by atoms with Gasteiger partial charge in [0, 0.05) is 0 Å². The van der Waals surface area contributed by atoms with E-state index in [4.69, 9.17) is 0 Å². The molecular weight excluding hydrogens is 234 g/mol. The maximum Gasteiger partial charge on any atom is -1.00 e. The Labute approximate surface area is 73.3 Å². The summed E-state index contributed by atoms with van der Waals surface area (Å²) in [7, 11) is 0. The molecule has 0 saturated carbocycles. The van der Waals surface area contributed by atoms with Crippen LogP contribution in [0.1, 0.15) is 5.56 Å². The van der Waals surface area contributed by atoms with Crippen molar-refractivity contribution < 1.29 is 21.5 Å². The fourth-order valence-corrected chi connectivity index (χ4v) is 2.45. The second-order valence-electron chi connectivity index (χ2n) is 2.36. The monoisotopic (exact) mass is 246 g/mol. The van der Waals surface area contributed by atoms with E-state index < -0.39 is 0 Å². The molecule has 0 N–H and O–H groups in total. The van der Waals surface area contributed by atoms with Gasteiger partial charge in [-0.15, -0.1) is 0 Å². The van der Waals surface area contributed by atoms with E-state index in [1.165, 1.54) is 10.5 Å². The molecule has 0 aromatic heterocycles. The number of hydrogen-bond acceptors (Lipinski definition) is 0. The van der Waals surface area contributed by atoms with E-state index in [2.05, 4.69) is 41.1 Å². The van der Waals surface area contributed by atoms with Gasteiger partial charge >= 0.3 is 68.3 Å². The Bertz CT molecular complexity index is 184. The zero-order valence-electron chi connectivity index (χ0n) is 6.79. The summed E-state index contributed by atoms with van der Waals surface area (Å²) in [6.45, 7) is 0. The first-order valence-corrected chi connectivity index (χ1v) is 7.33. The summed E-state index contributed by atoms with van der Waals surface area (Å²) in [4.78, 5) is 1.31. The third-order valence-corrected chi connectivity index (χ3v) is 2.93. The first-order chi connectivity index (χ1) is 4.79. The second-order valence-corrected chi connectivity index (χ2v) is 6.66. The summed E-state index contributed by atoms with van der Waals surface area (Å²) >= 11 is -0.211. The molecule has 0 aliphatic rings. The first kappa shape index (κ1) is 10.8. The van der Waals surface area contributed by atoms with Crippen LogP contribution in [-0.2, 0) is 21.7 Å². The van der Waals surface area contributed by atoms with Gasteiger partial charge in [-0.25, -0.2) is 0 Å². The maximum absolute atomic E-state index is 2.36. The number of benzene rings is 1. The molecule has 66 valence electrons. The Morgan fingerprint density at radius 2 is 1.64 bits per heavy atom. The molecule has 1 aromatic carbocycles. The summed E-state index contributed by atoms with van der Waals surface area (Å²) in [6.07, 6.45) is 0. The molecule has 0 bridgehead atoms. The predicted molar refractivity (Wildman–Crippen MR) is 41.9 cm³/mol. The van der Waals surface area contributed by atoms with Crippen LogP contribution in [0.3, 0.4) is 0 Å². The Balaban J connectivity index is 0.000001000. The molecule has 0 aliphatic heterocycles. The van der Waals surface area contributed by atoms with Gasteiger partial charge in [-0.2, -0.15) is 0 Å². The molecular formula is C9H13FPd. The van der Waals surface area contributed by atoms with E-state index in [-0.39, 0.29) is 21.5 Å². The molecule has 0 unspecified atom stereocenters. The molecule has 0 amide bonds. The van der Waals surface area contributed by atoms with Crippen molar-refractivity contribution in [3.63, 3.8) is 0 Å². The van der Waals surface area contributed by atoms with Gasteiger partial charge in [0.1, 0.15) is 0 Å². The third-order valence-electron chi connectivity index (χ3n) is 1.20. The van der Waals surface area contributed by atoms with Gasteiger partial charge in [-0.05, 0) is 0 Å². The summed E-state index contributed by atoms with van der Waals surface area (Å²) in [5, 5.41) is 4.72. The largest absolute Gasteiger partial charge is 1.00 e. The molecule has 0 radical (unpaired) electrons. The molecule has 1 rings (SSSR count). The zero-order valence-corrected chi connectivity index (χ0v) is 8.34. The van der Waals surface area contributed by atoms with Crippen molar-refractivity contribution in [2.24, 2.45) is 0 Å². The molecule has 0 nitrogen and oxygen atoms in total. The van der Waals surface area contributed by atoms with E-state index in [0.717, 1.165) is 0 Å². The molecule has 1 aromatic rings. The minimum absolute atomic E-state index is 0. The van der Waals surface area contributed by atoms with Crippen molar-refractivity contribution in [2.75, 3.05) is 0 Å². The van der Waals surface area contributed by atoms with Gasteiger partial charge in [0.05, 0.1) is 0 Å². The molecule has 0 spiro atoms. The Kier molecular flexibility index (Phi) is 5.37. The minimum atomic E-state index is -0.211. The van der Waals surface area contributed by atoms with Crippen LogP contribution in [0.2, 0.25) is 10.8 Å². The standard InChI is InChI=1S/C7H7.2CH3.FH.Pd/c1-7-5-3-2-4-6-7;;;;/h2-6H,1H2;2*1H3;1H;/q;;;;+1/p-1. The van der Waals surface area contributed by atoms with Crippen molar-refractivity contribution in [3.8, 4) is 0 Å². The van der Waals surface area contributed by atoms with Gasteiger partial charge in [-0.3, -0.25) is 0 Å². The fourth-order valence-electron chi connectivity index (χ4n) is 0.811. The van der Waals surface area contributed by atoms with Crippen LogP contribution in [0.4, 0.5) is 0 Å². The summed E-state index contributed by atoms with van der Waals surface area (Å²) in [5.41, 5.74) is 1.49. The van der Waals surface area contributed by atoms with Crippen LogP contribution in [0.15, 0.2) is 30.3 Å². The van der Waals surface area contributed by atoms with Crippen molar-refractivity contribution >= 4 is 0 Å². The van der Waals surface area contributed by atoms with E-state index in [1.807, 2.05) is 0 Å². The van der Waals surface area contributed by atoms with Crippen LogP contribution in [0.5, 0.6) is 0 Å². The molecule has 0 atom stereocenters. The number of hydrogen-bond donors (Lipinski definition) is 0. The van der Waals surface area contributed by atoms with Crippen LogP contribution < -0.4 is 4.70 Å². The van der Waals surface area contributed by atoms with Gasteiger partial charge < -0.3 is 4.70 Å². The third kappa shape index (κ3) is 4.29. The molecule has 0 fully saturated rings. The Hall–Kier alpha value is -0.188. The van der Waals surface area contributed by atoms with Gasteiger partial charge in [0.25, 0.3) is 0 Å². The normalized spacial score (nSPS) is 10.2. The SMILES string of the molecule is [CH3][Pd+]([CH3])[CH2]c1ccccc1.[F-]. The quantitative estimate of drug-likeness (QED) is 0.640. The fraction of sp³-hybridized carbons (Fsp3) is 0.333. The summed E-state index contributed by atoms with van der Waals surface area (Å²) in [5.74, 6) is 0. The van der Waals surface area contributed by atoms with Crippen molar-refractivity contribution in [2.45, 2.75) is 15.7 Å². The van der Waals surface area contributed by atoms with E-state index in [0.29, 0.717) is 0 Å². The van der Waals surface area contributed by atoms with Crippen LogP contribution in [0.25, 0.3) is 0 Å². The molecule has 0 heterocycles. The topological polar surface area (TPSA) is 0 Å². The van der Waals surface area contributed by atoms with Crippen LogP contribution >= 0.6 is 0 Å². The average molecular weight is 247 g/mol. The second kappa shape index (κ2) is 5.46. The van der Waals surface area contributed by atoms with Crippen LogP contribution in [-0.4, -0.2) is 0 Å². The van der Waals surface area contributed by atoms with Crippen molar-refractivity contribution in [1.82, 2.24) is 0 Å². The molecule has 2 heteroatoms. The van der Waals surface area contributed by atoms with E-state index in [9.17, 15) is 0 Å². The van der Waals surface area contributed by atoms with Gasteiger partial charge in [0.15, 0.2) is 0 Å². The molecule has 11 heavy (non-hydrogen) atoms. The smallest absolute Gasteiger partial charge is 1.00 e. The first-order valence-electron chi connectivity index (χ1n) is 3.12. The van der Waals surface area contributed by atoms with Gasteiger partial charge in [0.2, 0.25) is 0 Å². The summed E-state index contributed by atoms with van der Waals surface area (Å²) < 4.78 is 0. The zero-order chi connectivity index (χ0) is 7.40. The average Bonchev–Trinajstić information content (AvgIpc) is 1.88. The van der Waals surface area contributed by atoms with E-state index in [1.54, 1.807) is 0 Å². The molecule has 0 aliphatic carbocycles. The van der Waals surface area contributed by atoms with E-state index >= 15 is 0 Å². The Morgan fingerprint density at radius 3 is 2.09 bits per heavy atom. The minimum Gasteiger partial charge on any atom is -1.00 e. The van der Waals surface area contributed by atoms with Gasteiger partial charge in [-0.1, -0.05) is 0 Å². The molecule has 0 saturated heterocycles. The summed E-state index contributed by atoms with van der Waals surface area (Å²) in [6, 6.07) is 10.7. The maximum atomic E-state index is 2.36. The Morgan fingerprint density at radius 1 is 1.09 bits per heavy atom. The van der Waals surface area contributed by atoms with Crippen molar-refractivity contribution in [3.05, 3.63) is 35.9 Å². The van der Waals surface area contributed by atoms with Crippen LogP contribution in [0, 0.1) is 0 Å². The number of halogens is 1. The number of rotatable bonds is 2. The predicted octanol–water partition coefficient (Wildman–Crippen LogP) is -0.0950.